The van der Waals surface area contributed by atoms with Crippen LogP contribution in [0.4, 0.5) is 4.79 Å². The van der Waals surface area contributed by atoms with Crippen LogP contribution in [0.15, 0.2) is 0 Å². The summed E-state index contributed by atoms with van der Waals surface area (Å²) in [4.78, 5) is 36.0. The molecule has 0 aromatic rings. The van der Waals surface area contributed by atoms with E-state index in [1.807, 2.05) is 0 Å². The maximum atomic E-state index is 11.8. The van der Waals surface area contributed by atoms with Crippen LogP contribution in [0.1, 0.15) is 12.8 Å². The van der Waals surface area contributed by atoms with E-state index in [0.29, 0.717) is 19.5 Å². The highest BCUT2D eigenvalue weighted by atomic mass is 16.4. The number of hydrogen-bond donors (Lipinski definition) is 2. The van der Waals surface area contributed by atoms with Crippen LogP contribution in [0, 0.1) is 5.92 Å². The first-order valence-electron chi connectivity index (χ1n) is 5.43. The van der Waals surface area contributed by atoms with Crippen molar-refractivity contribution in [2.75, 3.05) is 26.7 Å². The molecular formula is C10H17N3O4. The molecular weight excluding hydrogens is 226 g/mol. The van der Waals surface area contributed by atoms with Gasteiger partial charge in [-0.05, 0) is 6.42 Å². The second-order valence-electron chi connectivity index (χ2n) is 4.18. The van der Waals surface area contributed by atoms with Crippen LogP contribution in [0.2, 0.25) is 0 Å². The molecule has 96 valence electrons. The van der Waals surface area contributed by atoms with Gasteiger partial charge in [0.2, 0.25) is 5.91 Å². The van der Waals surface area contributed by atoms with Crippen molar-refractivity contribution in [3.63, 3.8) is 0 Å². The number of rotatable bonds is 4. The van der Waals surface area contributed by atoms with E-state index in [9.17, 15) is 14.4 Å². The van der Waals surface area contributed by atoms with Gasteiger partial charge in [0.05, 0.1) is 12.3 Å². The monoisotopic (exact) mass is 243 g/mol. The van der Waals surface area contributed by atoms with E-state index in [-0.39, 0.29) is 24.9 Å². The molecule has 17 heavy (non-hydrogen) atoms. The third kappa shape index (κ3) is 3.61. The smallest absolute Gasteiger partial charge is 0.319 e. The SMILES string of the molecule is CN(CCC(=O)O)C(=O)N1CCC(C(N)=O)C1. The van der Waals surface area contributed by atoms with E-state index in [1.165, 1.54) is 9.80 Å². The van der Waals surface area contributed by atoms with Crippen LogP contribution in [-0.4, -0.2) is 59.5 Å². The molecule has 1 heterocycles. The lowest BCUT2D eigenvalue weighted by molar-refractivity contribution is -0.137. The fraction of sp³-hybridized carbons (Fsp3) is 0.700. The van der Waals surface area contributed by atoms with E-state index in [2.05, 4.69) is 0 Å². The minimum atomic E-state index is -0.943. The molecule has 3 N–H and O–H groups in total. The van der Waals surface area contributed by atoms with Crippen molar-refractivity contribution in [2.45, 2.75) is 12.8 Å². The zero-order valence-electron chi connectivity index (χ0n) is 9.76. The van der Waals surface area contributed by atoms with Crippen molar-refractivity contribution in [2.24, 2.45) is 11.7 Å². The third-order valence-electron chi connectivity index (χ3n) is 2.85. The Labute approximate surface area is 99.2 Å². The van der Waals surface area contributed by atoms with Gasteiger partial charge in [0, 0.05) is 26.7 Å². The summed E-state index contributed by atoms with van der Waals surface area (Å²) >= 11 is 0. The summed E-state index contributed by atoms with van der Waals surface area (Å²) < 4.78 is 0. The van der Waals surface area contributed by atoms with Gasteiger partial charge in [-0.25, -0.2) is 4.79 Å². The van der Waals surface area contributed by atoms with Crippen LogP contribution in [0.3, 0.4) is 0 Å². The molecule has 1 fully saturated rings. The number of aliphatic carboxylic acids is 1. The molecule has 0 radical (unpaired) electrons. The minimum Gasteiger partial charge on any atom is -0.481 e. The Morgan fingerprint density at radius 2 is 2.12 bits per heavy atom. The highest BCUT2D eigenvalue weighted by Gasteiger charge is 2.30. The maximum Gasteiger partial charge on any atom is 0.319 e. The molecule has 7 heteroatoms. The Balaban J connectivity index is 2.43. The van der Waals surface area contributed by atoms with Crippen LogP contribution in [0.5, 0.6) is 0 Å². The van der Waals surface area contributed by atoms with Crippen molar-refractivity contribution in [3.8, 4) is 0 Å². The van der Waals surface area contributed by atoms with Gasteiger partial charge in [0.15, 0.2) is 0 Å². The number of likely N-dealkylation sites (tertiary alicyclic amines) is 1. The van der Waals surface area contributed by atoms with Gasteiger partial charge in [-0.15, -0.1) is 0 Å². The molecule has 0 spiro atoms. The Hall–Kier alpha value is -1.79. The number of carboxylic acid groups (broad SMARTS) is 1. The summed E-state index contributed by atoms with van der Waals surface area (Å²) in [6.45, 7) is 0.974. The molecule has 0 bridgehead atoms. The van der Waals surface area contributed by atoms with Gasteiger partial charge in [-0.3, -0.25) is 9.59 Å². The Bertz CT molecular complexity index is 332. The maximum absolute atomic E-state index is 11.8. The molecule has 0 aromatic heterocycles. The average Bonchev–Trinajstić information content (AvgIpc) is 2.73. The lowest BCUT2D eigenvalue weighted by Crippen LogP contribution is -2.41. The number of carbonyl (C=O) groups is 3. The van der Waals surface area contributed by atoms with E-state index in [0.717, 1.165) is 0 Å². The number of nitrogens with zero attached hydrogens (tertiary/aromatic N) is 2. The van der Waals surface area contributed by atoms with E-state index in [4.69, 9.17) is 10.8 Å². The fourth-order valence-corrected chi connectivity index (χ4v) is 1.77. The Morgan fingerprint density at radius 1 is 1.47 bits per heavy atom. The molecule has 3 amide bonds. The first-order chi connectivity index (χ1) is 7.91. The topological polar surface area (TPSA) is 104 Å². The highest BCUT2D eigenvalue weighted by Crippen LogP contribution is 2.16. The molecule has 1 saturated heterocycles. The second kappa shape index (κ2) is 5.51. The molecule has 1 aliphatic heterocycles. The van der Waals surface area contributed by atoms with Gasteiger partial charge in [-0.1, -0.05) is 0 Å². The Morgan fingerprint density at radius 3 is 2.59 bits per heavy atom. The van der Waals surface area contributed by atoms with Crippen molar-refractivity contribution in [3.05, 3.63) is 0 Å². The molecule has 0 saturated carbocycles. The summed E-state index contributed by atoms with van der Waals surface area (Å²) in [6.07, 6.45) is 0.489. The summed E-state index contributed by atoms with van der Waals surface area (Å²) in [5, 5.41) is 8.51. The molecule has 0 aromatic carbocycles. The van der Waals surface area contributed by atoms with Crippen LogP contribution in [0.25, 0.3) is 0 Å². The number of carboxylic acids is 1. The molecule has 0 aliphatic carbocycles. The fourth-order valence-electron chi connectivity index (χ4n) is 1.77. The number of hydrogen-bond acceptors (Lipinski definition) is 3. The van der Waals surface area contributed by atoms with E-state index >= 15 is 0 Å². The van der Waals surface area contributed by atoms with Crippen molar-refractivity contribution in [1.82, 2.24) is 9.80 Å². The van der Waals surface area contributed by atoms with Gasteiger partial charge in [0.25, 0.3) is 0 Å². The molecule has 7 nitrogen and oxygen atoms in total. The quantitative estimate of drug-likeness (QED) is 0.682. The molecule has 1 unspecified atom stereocenters. The van der Waals surface area contributed by atoms with Crippen LogP contribution < -0.4 is 5.73 Å². The first kappa shape index (κ1) is 13.3. The largest absolute Gasteiger partial charge is 0.481 e. The summed E-state index contributed by atoms with van der Waals surface area (Å²) in [5.41, 5.74) is 5.17. The molecule has 1 rings (SSSR count). The normalized spacial score (nSPS) is 19.1. The lowest BCUT2D eigenvalue weighted by atomic mass is 10.1. The predicted octanol–water partition coefficient (Wildman–Crippen LogP) is -0.680. The summed E-state index contributed by atoms with van der Waals surface area (Å²) in [6, 6.07) is -0.255. The number of amides is 3. The number of urea groups is 1. The van der Waals surface area contributed by atoms with E-state index in [1.54, 1.807) is 7.05 Å². The van der Waals surface area contributed by atoms with Crippen LogP contribution >= 0.6 is 0 Å². The second-order valence-corrected chi connectivity index (χ2v) is 4.18. The first-order valence-corrected chi connectivity index (χ1v) is 5.43. The van der Waals surface area contributed by atoms with Crippen molar-refractivity contribution >= 4 is 17.9 Å². The zero-order valence-corrected chi connectivity index (χ0v) is 9.76. The van der Waals surface area contributed by atoms with Gasteiger partial charge in [-0.2, -0.15) is 0 Å². The number of carbonyl (C=O) groups excluding carboxylic acids is 2. The van der Waals surface area contributed by atoms with Crippen LogP contribution in [-0.2, 0) is 9.59 Å². The zero-order chi connectivity index (χ0) is 13.0. The minimum absolute atomic E-state index is 0.0880. The van der Waals surface area contributed by atoms with Gasteiger partial charge in [0.1, 0.15) is 0 Å². The van der Waals surface area contributed by atoms with Gasteiger partial charge < -0.3 is 20.6 Å². The van der Waals surface area contributed by atoms with Crippen molar-refractivity contribution in [1.29, 1.82) is 0 Å². The Kier molecular flexibility index (Phi) is 4.30. The van der Waals surface area contributed by atoms with E-state index < -0.39 is 11.9 Å². The van der Waals surface area contributed by atoms with Gasteiger partial charge >= 0.3 is 12.0 Å². The number of nitrogens with two attached hydrogens (primary N) is 1. The highest BCUT2D eigenvalue weighted by molar-refractivity contribution is 5.80. The standard InChI is InChI=1S/C10H17N3O4/c1-12(4-3-8(14)15)10(17)13-5-2-7(6-13)9(11)16/h7H,2-6H2,1H3,(H2,11,16)(H,14,15). The molecule has 1 atom stereocenters. The number of primary amides is 1. The third-order valence-corrected chi connectivity index (χ3v) is 2.85. The summed E-state index contributed by atoms with van der Waals surface area (Å²) in [7, 11) is 1.54. The van der Waals surface area contributed by atoms with Crippen molar-refractivity contribution < 1.29 is 19.5 Å². The lowest BCUT2D eigenvalue weighted by Gasteiger charge is -2.23. The summed E-state index contributed by atoms with van der Waals surface area (Å²) in [5.74, 6) is -1.62. The molecule has 1 aliphatic rings. The predicted molar refractivity (Wildman–Crippen MR) is 59.2 cm³/mol. The average molecular weight is 243 g/mol.